The molecule has 0 amide bonds. The van der Waals surface area contributed by atoms with Crippen molar-refractivity contribution in [3.05, 3.63) is 81.2 Å². The van der Waals surface area contributed by atoms with Gasteiger partial charge in [-0.25, -0.2) is 9.78 Å². The minimum atomic E-state index is -1.16. The van der Waals surface area contributed by atoms with Crippen LogP contribution in [0.1, 0.15) is 29.4 Å². The second-order valence-corrected chi connectivity index (χ2v) is 9.89. The summed E-state index contributed by atoms with van der Waals surface area (Å²) in [7, 11) is 1.61. The number of carbonyl (C=O) groups is 1. The Labute approximate surface area is 217 Å². The number of benzene rings is 2. The Balaban J connectivity index is 1.27. The Kier molecular flexibility index (Phi) is 5.72. The standard InChI is InChI=1S/C27H24ClN5O4/c1-32-22-7-6-18(9-15(22)10-23(26(32)36)37-14-24(34)35)30-25-21(28)11-29-27(31-25)33-12-16-8-17(13-33)20-5-3-2-4-19(16)20/h2-7,9-11,16-17H,8,12-14H2,1H3,(H,34,35)(H,29,30,31)/t16-,17+. The van der Waals surface area contributed by atoms with Crippen molar-refractivity contribution >= 4 is 45.9 Å². The van der Waals surface area contributed by atoms with Gasteiger partial charge in [-0.3, -0.25) is 4.79 Å². The summed E-state index contributed by atoms with van der Waals surface area (Å²) >= 11 is 6.46. The number of aromatic nitrogens is 3. The molecular formula is C27H24ClN5O4. The predicted molar refractivity (Wildman–Crippen MR) is 141 cm³/mol. The largest absolute Gasteiger partial charge is 0.479 e. The third-order valence-electron chi connectivity index (χ3n) is 7.15. The number of halogens is 1. The van der Waals surface area contributed by atoms with Crippen LogP contribution in [0.15, 0.2) is 59.5 Å². The number of hydrogen-bond donors (Lipinski definition) is 2. The SMILES string of the molecule is Cn1c(=O)c(OCC(=O)O)cc2cc(Nc3nc(N4C[C@H]5C[C@@H](C4)c4ccccc45)ncc3Cl)ccc21. The molecule has 2 bridgehead atoms. The van der Waals surface area contributed by atoms with Crippen molar-refractivity contribution in [2.45, 2.75) is 18.3 Å². The average molecular weight is 518 g/mol. The number of fused-ring (bicyclic) bond motifs is 6. The Morgan fingerprint density at radius 3 is 2.59 bits per heavy atom. The molecule has 2 aromatic carbocycles. The molecule has 0 spiro atoms. The van der Waals surface area contributed by atoms with Crippen molar-refractivity contribution in [2.75, 3.05) is 29.9 Å². The second-order valence-electron chi connectivity index (χ2n) is 9.48. The maximum absolute atomic E-state index is 12.5. The zero-order valence-corrected chi connectivity index (χ0v) is 20.8. The van der Waals surface area contributed by atoms with Gasteiger partial charge >= 0.3 is 5.97 Å². The molecule has 3 heterocycles. The second kappa shape index (κ2) is 9.08. The van der Waals surface area contributed by atoms with E-state index in [9.17, 15) is 9.59 Å². The summed E-state index contributed by atoms with van der Waals surface area (Å²) in [4.78, 5) is 34.9. The van der Waals surface area contributed by atoms with Gasteiger partial charge in [0.05, 0.1) is 11.7 Å². The van der Waals surface area contributed by atoms with Crippen LogP contribution in [0, 0.1) is 0 Å². The lowest BCUT2D eigenvalue weighted by atomic mass is 9.96. The van der Waals surface area contributed by atoms with E-state index in [4.69, 9.17) is 26.4 Å². The fourth-order valence-corrected chi connectivity index (χ4v) is 5.61. The summed E-state index contributed by atoms with van der Waals surface area (Å²) in [6, 6.07) is 15.7. The molecule has 1 aliphatic carbocycles. The Bertz CT molecular complexity index is 1570. The van der Waals surface area contributed by atoms with Gasteiger partial charge in [0.1, 0.15) is 5.02 Å². The van der Waals surface area contributed by atoms with Crippen molar-refractivity contribution in [3.63, 3.8) is 0 Å². The lowest BCUT2D eigenvalue weighted by molar-refractivity contribution is -0.139. The number of ether oxygens (including phenoxy) is 1. The number of nitrogens with one attached hydrogen (secondary N) is 1. The Hall–Kier alpha value is -4.11. The third kappa shape index (κ3) is 4.25. The molecule has 188 valence electrons. The van der Waals surface area contributed by atoms with E-state index >= 15 is 0 Å². The Morgan fingerprint density at radius 1 is 1.16 bits per heavy atom. The third-order valence-corrected chi connectivity index (χ3v) is 7.42. The molecule has 2 aromatic heterocycles. The van der Waals surface area contributed by atoms with E-state index in [2.05, 4.69) is 39.5 Å². The zero-order chi connectivity index (χ0) is 25.7. The first kappa shape index (κ1) is 23.3. The van der Waals surface area contributed by atoms with Crippen LogP contribution in [0.3, 0.4) is 0 Å². The van der Waals surface area contributed by atoms with Crippen molar-refractivity contribution in [1.82, 2.24) is 14.5 Å². The summed E-state index contributed by atoms with van der Waals surface area (Å²) in [5, 5.41) is 13.3. The van der Waals surface area contributed by atoms with E-state index in [0.717, 1.165) is 19.5 Å². The highest BCUT2D eigenvalue weighted by Crippen LogP contribution is 2.46. The van der Waals surface area contributed by atoms with E-state index in [1.54, 1.807) is 25.4 Å². The number of rotatable bonds is 6. The topological polar surface area (TPSA) is 110 Å². The first-order valence-corrected chi connectivity index (χ1v) is 12.4. The smallest absolute Gasteiger partial charge is 0.341 e. The fraction of sp³-hybridized carbons (Fsp3) is 0.259. The highest BCUT2D eigenvalue weighted by molar-refractivity contribution is 6.32. The minimum absolute atomic E-state index is 0.0300. The molecule has 9 nitrogen and oxygen atoms in total. The summed E-state index contributed by atoms with van der Waals surface area (Å²) in [6.45, 7) is 1.12. The van der Waals surface area contributed by atoms with Gasteiger partial charge < -0.3 is 24.6 Å². The molecule has 2 N–H and O–H groups in total. The molecule has 2 aliphatic rings. The molecule has 4 aromatic rings. The van der Waals surface area contributed by atoms with Gasteiger partial charge in [-0.1, -0.05) is 35.9 Å². The lowest BCUT2D eigenvalue weighted by Crippen LogP contribution is -2.36. The van der Waals surface area contributed by atoms with Gasteiger partial charge in [0.2, 0.25) is 5.95 Å². The van der Waals surface area contributed by atoms with Crippen molar-refractivity contribution in [3.8, 4) is 5.75 Å². The first-order chi connectivity index (χ1) is 17.9. The van der Waals surface area contributed by atoms with E-state index in [1.165, 1.54) is 15.7 Å². The number of pyridine rings is 1. The van der Waals surface area contributed by atoms with Crippen molar-refractivity contribution < 1.29 is 14.6 Å². The fourth-order valence-electron chi connectivity index (χ4n) is 5.48. The van der Waals surface area contributed by atoms with Crippen LogP contribution in [0.5, 0.6) is 5.75 Å². The van der Waals surface area contributed by atoms with Crippen LogP contribution in [0.2, 0.25) is 5.02 Å². The van der Waals surface area contributed by atoms with Gasteiger partial charge in [-0.05, 0) is 41.8 Å². The maximum Gasteiger partial charge on any atom is 0.341 e. The minimum Gasteiger partial charge on any atom is -0.479 e. The highest BCUT2D eigenvalue weighted by Gasteiger charge is 2.38. The molecule has 1 fully saturated rings. The number of nitrogens with zero attached hydrogens (tertiary/aromatic N) is 4. The van der Waals surface area contributed by atoms with E-state index in [1.807, 2.05) is 12.1 Å². The van der Waals surface area contributed by atoms with Crippen LogP contribution in [0.25, 0.3) is 10.9 Å². The number of hydrogen-bond acceptors (Lipinski definition) is 7. The van der Waals surface area contributed by atoms with Crippen molar-refractivity contribution in [2.24, 2.45) is 7.05 Å². The summed E-state index contributed by atoms with van der Waals surface area (Å²) in [5.74, 6) is 0.858. The molecule has 0 saturated carbocycles. The van der Waals surface area contributed by atoms with Gasteiger partial charge in [-0.2, -0.15) is 4.98 Å². The number of aliphatic carboxylic acids is 1. The van der Waals surface area contributed by atoms with Crippen LogP contribution >= 0.6 is 11.6 Å². The van der Waals surface area contributed by atoms with Gasteiger partial charge in [0.25, 0.3) is 5.56 Å². The summed E-state index contributed by atoms with van der Waals surface area (Å²) in [6.07, 6.45) is 2.77. The highest BCUT2D eigenvalue weighted by atomic mass is 35.5. The first-order valence-electron chi connectivity index (χ1n) is 12.0. The molecule has 1 saturated heterocycles. The van der Waals surface area contributed by atoms with E-state index < -0.39 is 18.1 Å². The molecule has 0 radical (unpaired) electrons. The van der Waals surface area contributed by atoms with E-state index in [-0.39, 0.29) is 5.75 Å². The van der Waals surface area contributed by atoms with Crippen LogP contribution in [-0.2, 0) is 11.8 Å². The summed E-state index contributed by atoms with van der Waals surface area (Å²) in [5.41, 5.74) is 3.83. The lowest BCUT2D eigenvalue weighted by Gasteiger charge is -2.32. The molecule has 2 atom stereocenters. The number of carboxylic acids is 1. The number of piperidine rings is 1. The van der Waals surface area contributed by atoms with E-state index in [0.29, 0.717) is 45.2 Å². The zero-order valence-electron chi connectivity index (χ0n) is 20.0. The normalized spacial score (nSPS) is 18.1. The monoisotopic (exact) mass is 517 g/mol. The van der Waals surface area contributed by atoms with Crippen LogP contribution in [-0.4, -0.2) is 45.3 Å². The Morgan fingerprint density at radius 2 is 1.89 bits per heavy atom. The van der Waals surface area contributed by atoms with Crippen molar-refractivity contribution in [1.29, 1.82) is 0 Å². The van der Waals surface area contributed by atoms with Gasteiger partial charge in [0, 0.05) is 43.0 Å². The molecular weight excluding hydrogens is 494 g/mol. The summed E-state index contributed by atoms with van der Waals surface area (Å²) < 4.78 is 6.62. The number of anilines is 3. The van der Waals surface area contributed by atoms with Gasteiger partial charge in [-0.15, -0.1) is 0 Å². The molecule has 37 heavy (non-hydrogen) atoms. The number of carboxylic acid groups (broad SMARTS) is 1. The maximum atomic E-state index is 12.5. The van der Waals surface area contributed by atoms with Crippen LogP contribution in [0.4, 0.5) is 17.5 Å². The number of aryl methyl sites for hydroxylation is 1. The molecule has 6 rings (SSSR count). The predicted octanol–water partition coefficient (Wildman–Crippen LogP) is 4.28. The van der Waals surface area contributed by atoms with Gasteiger partial charge in [0.15, 0.2) is 18.2 Å². The quantitative estimate of drug-likeness (QED) is 0.390. The average Bonchev–Trinajstić information content (AvgIpc) is 3.16. The molecule has 10 heteroatoms. The van der Waals surface area contributed by atoms with Crippen LogP contribution < -0.4 is 20.5 Å². The molecule has 1 aliphatic heterocycles. The molecule has 0 unspecified atom stereocenters.